The molecule has 1 heterocycles. The number of hydrogen-bond acceptors (Lipinski definition) is 4. The summed E-state index contributed by atoms with van der Waals surface area (Å²) >= 11 is 0. The first-order valence-electron chi connectivity index (χ1n) is 7.29. The van der Waals surface area contributed by atoms with E-state index >= 15 is 0 Å². The average Bonchev–Trinajstić information content (AvgIpc) is 2.43. The van der Waals surface area contributed by atoms with Crippen molar-refractivity contribution in [3.8, 4) is 5.75 Å². The van der Waals surface area contributed by atoms with Crippen molar-refractivity contribution in [1.29, 1.82) is 0 Å². The average molecular weight is 290 g/mol. The highest BCUT2D eigenvalue weighted by molar-refractivity contribution is 6.04. The lowest BCUT2D eigenvalue weighted by Crippen LogP contribution is -2.52. The number of benzene rings is 1. The van der Waals surface area contributed by atoms with E-state index in [1.807, 2.05) is 6.92 Å². The van der Waals surface area contributed by atoms with Crippen molar-refractivity contribution in [3.05, 3.63) is 23.8 Å². The second-order valence-electron chi connectivity index (χ2n) is 5.71. The van der Waals surface area contributed by atoms with Crippen molar-refractivity contribution in [2.24, 2.45) is 5.73 Å². The normalized spacial score (nSPS) is 16.4. The molecule has 2 rings (SSSR count). The fourth-order valence-electron chi connectivity index (χ4n) is 2.46. The highest BCUT2D eigenvalue weighted by Gasteiger charge is 2.40. The van der Waals surface area contributed by atoms with Crippen LogP contribution in [0.4, 0.5) is 5.69 Å². The topological polar surface area (TPSA) is 72.6 Å². The number of hydrogen-bond donors (Lipinski definition) is 1. The van der Waals surface area contributed by atoms with Gasteiger partial charge in [-0.3, -0.25) is 9.59 Å². The Labute approximate surface area is 125 Å². The van der Waals surface area contributed by atoms with Gasteiger partial charge in [-0.25, -0.2) is 0 Å². The molecule has 0 atom stereocenters. The van der Waals surface area contributed by atoms with Crippen LogP contribution in [0.25, 0.3) is 0 Å². The van der Waals surface area contributed by atoms with Gasteiger partial charge in [0.05, 0.1) is 5.69 Å². The summed E-state index contributed by atoms with van der Waals surface area (Å²) in [6, 6.07) is 5.22. The van der Waals surface area contributed by atoms with Crippen molar-refractivity contribution >= 4 is 17.4 Å². The lowest BCUT2D eigenvalue weighted by atomic mass is 10.0. The van der Waals surface area contributed by atoms with Crippen LogP contribution in [0.1, 0.15) is 44.0 Å². The van der Waals surface area contributed by atoms with E-state index in [4.69, 9.17) is 10.5 Å². The van der Waals surface area contributed by atoms with E-state index in [1.165, 1.54) is 0 Å². The second-order valence-corrected chi connectivity index (χ2v) is 5.71. The number of anilines is 1. The van der Waals surface area contributed by atoms with E-state index < -0.39 is 5.60 Å². The maximum absolute atomic E-state index is 12.5. The standard InChI is InChI=1S/C16H22N2O3/c1-4-9-18-12-10-11(13(19)7-8-17)5-6-14(12)21-16(2,3)15(18)20/h5-6,10H,4,7-9,17H2,1-3H3. The summed E-state index contributed by atoms with van der Waals surface area (Å²) in [6.45, 7) is 6.45. The molecule has 0 aromatic heterocycles. The maximum Gasteiger partial charge on any atom is 0.270 e. The smallest absolute Gasteiger partial charge is 0.270 e. The summed E-state index contributed by atoms with van der Waals surface area (Å²) in [6.07, 6.45) is 1.13. The monoisotopic (exact) mass is 290 g/mol. The van der Waals surface area contributed by atoms with Crippen LogP contribution in [0.15, 0.2) is 18.2 Å². The van der Waals surface area contributed by atoms with Gasteiger partial charge >= 0.3 is 0 Å². The quantitative estimate of drug-likeness (QED) is 0.843. The molecule has 0 saturated carbocycles. The Hall–Kier alpha value is -1.88. The van der Waals surface area contributed by atoms with Gasteiger partial charge in [0.25, 0.3) is 5.91 Å². The van der Waals surface area contributed by atoms with Gasteiger partial charge in [0.15, 0.2) is 11.4 Å². The first-order chi connectivity index (χ1) is 9.90. The van der Waals surface area contributed by atoms with Crippen LogP contribution in [0.5, 0.6) is 5.75 Å². The molecule has 0 aliphatic carbocycles. The van der Waals surface area contributed by atoms with Crippen LogP contribution >= 0.6 is 0 Å². The molecular formula is C16H22N2O3. The number of ether oxygens (including phenoxy) is 1. The van der Waals surface area contributed by atoms with Crippen LogP contribution in [0, 0.1) is 0 Å². The number of carbonyl (C=O) groups excluding carboxylic acids is 2. The van der Waals surface area contributed by atoms with Crippen LogP contribution in [0.2, 0.25) is 0 Å². The third-order valence-electron chi connectivity index (χ3n) is 3.52. The Balaban J connectivity index is 2.45. The van der Waals surface area contributed by atoms with Gasteiger partial charge in [-0.15, -0.1) is 0 Å². The lowest BCUT2D eigenvalue weighted by molar-refractivity contribution is -0.132. The minimum Gasteiger partial charge on any atom is -0.476 e. The number of rotatable bonds is 5. The molecule has 1 aromatic carbocycles. The largest absolute Gasteiger partial charge is 0.476 e. The van der Waals surface area contributed by atoms with Crippen molar-refractivity contribution in [3.63, 3.8) is 0 Å². The molecule has 0 radical (unpaired) electrons. The summed E-state index contributed by atoms with van der Waals surface area (Å²) in [7, 11) is 0. The fraction of sp³-hybridized carbons (Fsp3) is 0.500. The summed E-state index contributed by atoms with van der Waals surface area (Å²) in [5, 5.41) is 0. The van der Waals surface area contributed by atoms with Gasteiger partial charge in [0.2, 0.25) is 0 Å². The lowest BCUT2D eigenvalue weighted by Gasteiger charge is -2.38. The zero-order valence-electron chi connectivity index (χ0n) is 12.8. The van der Waals surface area contributed by atoms with Crippen molar-refractivity contribution < 1.29 is 14.3 Å². The van der Waals surface area contributed by atoms with Crippen LogP contribution in [-0.4, -0.2) is 30.4 Å². The van der Waals surface area contributed by atoms with Crippen LogP contribution in [0.3, 0.4) is 0 Å². The van der Waals surface area contributed by atoms with Gasteiger partial charge in [-0.2, -0.15) is 0 Å². The van der Waals surface area contributed by atoms with Gasteiger partial charge < -0.3 is 15.4 Å². The predicted octanol–water partition coefficient (Wildman–Crippen LogP) is 2.13. The molecule has 1 aliphatic rings. The summed E-state index contributed by atoms with van der Waals surface area (Å²) in [5.41, 5.74) is 5.78. The molecule has 1 amide bonds. The Bertz CT molecular complexity index is 567. The third-order valence-corrected chi connectivity index (χ3v) is 3.52. The first kappa shape index (κ1) is 15.5. The molecule has 0 bridgehead atoms. The maximum atomic E-state index is 12.5. The number of carbonyl (C=O) groups is 2. The van der Waals surface area contributed by atoms with Crippen LogP contribution in [-0.2, 0) is 4.79 Å². The number of nitrogens with two attached hydrogens (primary N) is 1. The number of ketones is 1. The van der Waals surface area contributed by atoms with Gasteiger partial charge in [0.1, 0.15) is 5.75 Å². The number of amides is 1. The van der Waals surface area contributed by atoms with Gasteiger partial charge in [-0.05, 0) is 45.0 Å². The highest BCUT2D eigenvalue weighted by Crippen LogP contribution is 2.38. The fourth-order valence-corrected chi connectivity index (χ4v) is 2.46. The third kappa shape index (κ3) is 2.93. The zero-order chi connectivity index (χ0) is 15.6. The van der Waals surface area contributed by atoms with E-state index in [9.17, 15) is 9.59 Å². The SMILES string of the molecule is CCCN1C(=O)C(C)(C)Oc2ccc(C(=O)CCN)cc21. The zero-order valence-corrected chi connectivity index (χ0v) is 12.8. The Morgan fingerprint density at radius 1 is 1.38 bits per heavy atom. The Kier molecular flexibility index (Phi) is 4.32. The van der Waals surface area contributed by atoms with E-state index in [1.54, 1.807) is 36.9 Å². The molecular weight excluding hydrogens is 268 g/mol. The summed E-state index contributed by atoms with van der Waals surface area (Å²) < 4.78 is 5.78. The molecule has 5 heteroatoms. The number of nitrogens with zero attached hydrogens (tertiary/aromatic N) is 1. The number of fused-ring (bicyclic) bond motifs is 1. The molecule has 2 N–H and O–H groups in total. The van der Waals surface area contributed by atoms with Crippen molar-refractivity contribution in [1.82, 2.24) is 0 Å². The van der Waals surface area contributed by atoms with E-state index in [2.05, 4.69) is 0 Å². The molecule has 114 valence electrons. The van der Waals surface area contributed by atoms with Crippen molar-refractivity contribution in [2.45, 2.75) is 39.2 Å². The van der Waals surface area contributed by atoms with Gasteiger partial charge in [-0.1, -0.05) is 6.92 Å². The summed E-state index contributed by atoms with van der Waals surface area (Å²) in [5.74, 6) is 0.534. The molecule has 5 nitrogen and oxygen atoms in total. The molecule has 21 heavy (non-hydrogen) atoms. The van der Waals surface area contributed by atoms with Crippen molar-refractivity contribution in [2.75, 3.05) is 18.0 Å². The Morgan fingerprint density at radius 3 is 2.71 bits per heavy atom. The molecule has 0 saturated heterocycles. The minimum absolute atomic E-state index is 0.0194. The Morgan fingerprint density at radius 2 is 2.10 bits per heavy atom. The first-order valence-corrected chi connectivity index (χ1v) is 7.29. The molecule has 1 aromatic rings. The van der Waals surface area contributed by atoms with E-state index in [0.717, 1.165) is 6.42 Å². The molecule has 1 aliphatic heterocycles. The van der Waals surface area contributed by atoms with E-state index in [-0.39, 0.29) is 11.7 Å². The second kappa shape index (κ2) is 5.85. The summed E-state index contributed by atoms with van der Waals surface area (Å²) in [4.78, 5) is 26.2. The highest BCUT2D eigenvalue weighted by atomic mass is 16.5. The molecule has 0 unspecified atom stereocenters. The molecule has 0 fully saturated rings. The van der Waals surface area contributed by atoms with Gasteiger partial charge in [0, 0.05) is 18.5 Å². The van der Waals surface area contributed by atoms with E-state index in [0.29, 0.717) is 36.5 Å². The minimum atomic E-state index is -0.884. The number of Topliss-reactive ketones (excluding diaryl/α,β-unsaturated/α-hetero) is 1. The molecule has 0 spiro atoms. The predicted molar refractivity (Wildman–Crippen MR) is 81.8 cm³/mol. The van der Waals surface area contributed by atoms with Crippen LogP contribution < -0.4 is 15.4 Å².